The van der Waals surface area contributed by atoms with E-state index in [4.69, 9.17) is 0 Å². The molecule has 2 atom stereocenters. The monoisotopic (exact) mass is 241 g/mol. The lowest BCUT2D eigenvalue weighted by molar-refractivity contribution is 0.236. The molecule has 1 saturated heterocycles. The Hall–Kier alpha value is -1.95. The van der Waals surface area contributed by atoms with E-state index in [0.29, 0.717) is 6.42 Å². The van der Waals surface area contributed by atoms with Crippen molar-refractivity contribution < 1.29 is 4.79 Å². The lowest BCUT2D eigenvalue weighted by atomic mass is 9.94. The Balaban J connectivity index is 2.15. The third-order valence-corrected chi connectivity index (χ3v) is 3.69. The number of carbonyl (C=O) groups excluding carboxylic acids is 1. The molecule has 1 aromatic rings. The van der Waals surface area contributed by atoms with Crippen molar-refractivity contribution in [1.82, 2.24) is 4.90 Å². The Bertz CT molecular complexity index is 502. The average molecular weight is 241 g/mol. The molecule has 2 unspecified atom stereocenters. The van der Waals surface area contributed by atoms with Crippen LogP contribution in [0.4, 0.5) is 0 Å². The van der Waals surface area contributed by atoms with Gasteiger partial charge in [-0.1, -0.05) is 30.3 Å². The van der Waals surface area contributed by atoms with Crippen molar-refractivity contribution in [3.05, 3.63) is 35.9 Å². The molecular weight excluding hydrogens is 226 g/mol. The maximum atomic E-state index is 10.5. The third-order valence-electron chi connectivity index (χ3n) is 3.69. The minimum absolute atomic E-state index is 0.0656. The Morgan fingerprint density at radius 3 is 2.83 bits per heavy atom. The van der Waals surface area contributed by atoms with Crippen LogP contribution in [0, 0.1) is 11.3 Å². The standard InChI is InChI=1S/C14H15N3O/c1-12-14(10-15,16-11-18)7-8-17(12)9-13-5-3-2-4-6-13/h2-6,12H,7-9H2,1H3. The van der Waals surface area contributed by atoms with Crippen LogP contribution in [0.15, 0.2) is 35.3 Å². The minimum Gasteiger partial charge on any atom is -0.293 e. The van der Waals surface area contributed by atoms with Crippen molar-refractivity contribution in [2.24, 2.45) is 4.99 Å². The fraction of sp³-hybridized carbons (Fsp3) is 0.429. The number of aliphatic imine (C=N–C) groups is 1. The molecule has 2 rings (SSSR count). The number of hydrogen-bond acceptors (Lipinski definition) is 4. The summed E-state index contributed by atoms with van der Waals surface area (Å²) in [6, 6.07) is 12.2. The minimum atomic E-state index is -0.920. The highest BCUT2D eigenvalue weighted by Gasteiger charge is 2.45. The van der Waals surface area contributed by atoms with Crippen LogP contribution in [0.2, 0.25) is 0 Å². The SMILES string of the molecule is CC1N(Cc2ccccc2)CCC1(C#N)N=C=O. The fourth-order valence-electron chi connectivity index (χ4n) is 2.46. The number of isocyanates is 1. The van der Waals surface area contributed by atoms with Gasteiger partial charge in [0.15, 0.2) is 5.54 Å². The lowest BCUT2D eigenvalue weighted by Crippen LogP contribution is -2.39. The number of hydrogen-bond donors (Lipinski definition) is 0. The number of likely N-dealkylation sites (tertiary alicyclic amines) is 1. The molecule has 0 spiro atoms. The van der Waals surface area contributed by atoms with E-state index in [0.717, 1.165) is 13.1 Å². The number of nitriles is 1. The van der Waals surface area contributed by atoms with Crippen LogP contribution in [-0.4, -0.2) is 29.1 Å². The molecular formula is C14H15N3O. The molecule has 18 heavy (non-hydrogen) atoms. The van der Waals surface area contributed by atoms with E-state index in [1.165, 1.54) is 5.56 Å². The normalized spacial score (nSPS) is 27.4. The highest BCUT2D eigenvalue weighted by atomic mass is 16.1. The number of benzene rings is 1. The Morgan fingerprint density at radius 2 is 2.22 bits per heavy atom. The van der Waals surface area contributed by atoms with Gasteiger partial charge in [0.2, 0.25) is 6.08 Å². The summed E-state index contributed by atoms with van der Waals surface area (Å²) >= 11 is 0. The summed E-state index contributed by atoms with van der Waals surface area (Å²) in [7, 11) is 0. The first-order valence-corrected chi connectivity index (χ1v) is 6.00. The molecule has 1 fully saturated rings. The maximum Gasteiger partial charge on any atom is 0.236 e. The lowest BCUT2D eigenvalue weighted by Gasteiger charge is -2.26. The second kappa shape index (κ2) is 5.14. The molecule has 0 amide bonds. The molecule has 1 aliphatic rings. The molecule has 0 aromatic heterocycles. The molecule has 0 saturated carbocycles. The summed E-state index contributed by atoms with van der Waals surface area (Å²) < 4.78 is 0. The van der Waals surface area contributed by atoms with Crippen molar-refractivity contribution in [3.8, 4) is 6.07 Å². The second-order valence-corrected chi connectivity index (χ2v) is 4.62. The summed E-state index contributed by atoms with van der Waals surface area (Å²) in [6.45, 7) is 3.49. The van der Waals surface area contributed by atoms with Gasteiger partial charge < -0.3 is 0 Å². The molecule has 1 aliphatic heterocycles. The highest BCUT2D eigenvalue weighted by molar-refractivity contribution is 5.38. The van der Waals surface area contributed by atoms with Crippen LogP contribution in [0.3, 0.4) is 0 Å². The van der Waals surface area contributed by atoms with Crippen molar-refractivity contribution >= 4 is 6.08 Å². The predicted molar refractivity (Wildman–Crippen MR) is 67.4 cm³/mol. The van der Waals surface area contributed by atoms with Crippen LogP contribution in [-0.2, 0) is 11.3 Å². The highest BCUT2D eigenvalue weighted by Crippen LogP contribution is 2.32. The van der Waals surface area contributed by atoms with Gasteiger partial charge in [0.25, 0.3) is 0 Å². The van der Waals surface area contributed by atoms with Crippen molar-refractivity contribution in [3.63, 3.8) is 0 Å². The molecule has 4 nitrogen and oxygen atoms in total. The molecule has 1 heterocycles. The van der Waals surface area contributed by atoms with Crippen molar-refractivity contribution in [2.45, 2.75) is 31.5 Å². The summed E-state index contributed by atoms with van der Waals surface area (Å²) in [6.07, 6.45) is 2.13. The van der Waals surface area contributed by atoms with Crippen LogP contribution in [0.1, 0.15) is 18.9 Å². The van der Waals surface area contributed by atoms with Crippen LogP contribution >= 0.6 is 0 Å². The van der Waals surface area contributed by atoms with Gasteiger partial charge in [0, 0.05) is 25.6 Å². The predicted octanol–water partition coefficient (Wildman–Crippen LogP) is 1.88. The van der Waals surface area contributed by atoms with E-state index in [2.05, 4.69) is 28.1 Å². The molecule has 4 heteroatoms. The van der Waals surface area contributed by atoms with E-state index in [1.807, 2.05) is 25.1 Å². The molecule has 0 N–H and O–H groups in total. The zero-order chi connectivity index (χ0) is 13.0. The van der Waals surface area contributed by atoms with Crippen LogP contribution in [0.25, 0.3) is 0 Å². The Labute approximate surface area is 107 Å². The van der Waals surface area contributed by atoms with Crippen LogP contribution < -0.4 is 0 Å². The van der Waals surface area contributed by atoms with Gasteiger partial charge in [-0.05, 0) is 12.5 Å². The maximum absolute atomic E-state index is 10.5. The van der Waals surface area contributed by atoms with Gasteiger partial charge in [-0.25, -0.2) is 4.79 Å². The van der Waals surface area contributed by atoms with Gasteiger partial charge in [-0.15, -0.1) is 0 Å². The number of rotatable bonds is 3. The quantitative estimate of drug-likeness (QED) is 0.599. The van der Waals surface area contributed by atoms with Gasteiger partial charge in [0.05, 0.1) is 6.07 Å². The van der Waals surface area contributed by atoms with Gasteiger partial charge in [0.1, 0.15) is 0 Å². The van der Waals surface area contributed by atoms with Gasteiger partial charge in [-0.2, -0.15) is 10.3 Å². The number of nitrogens with zero attached hydrogens (tertiary/aromatic N) is 3. The van der Waals surface area contributed by atoms with Crippen molar-refractivity contribution in [2.75, 3.05) is 6.54 Å². The fourth-order valence-corrected chi connectivity index (χ4v) is 2.46. The first-order chi connectivity index (χ1) is 8.72. The summed E-state index contributed by atoms with van der Waals surface area (Å²) in [4.78, 5) is 16.4. The summed E-state index contributed by atoms with van der Waals surface area (Å²) in [5, 5.41) is 9.25. The first-order valence-electron chi connectivity index (χ1n) is 6.00. The van der Waals surface area contributed by atoms with E-state index in [9.17, 15) is 10.1 Å². The molecule has 0 bridgehead atoms. The zero-order valence-corrected chi connectivity index (χ0v) is 10.3. The average Bonchev–Trinajstić information content (AvgIpc) is 2.70. The van der Waals surface area contributed by atoms with E-state index in [1.54, 1.807) is 6.08 Å². The molecule has 0 radical (unpaired) electrons. The van der Waals surface area contributed by atoms with Gasteiger partial charge in [-0.3, -0.25) is 4.90 Å². The third kappa shape index (κ3) is 2.19. The summed E-state index contributed by atoms with van der Waals surface area (Å²) in [5.74, 6) is 0. The second-order valence-electron chi connectivity index (χ2n) is 4.62. The topological polar surface area (TPSA) is 56.5 Å². The van der Waals surface area contributed by atoms with E-state index < -0.39 is 5.54 Å². The van der Waals surface area contributed by atoms with Crippen LogP contribution in [0.5, 0.6) is 0 Å². The molecule has 1 aromatic carbocycles. The van der Waals surface area contributed by atoms with Crippen molar-refractivity contribution in [1.29, 1.82) is 5.26 Å². The summed E-state index contributed by atoms with van der Waals surface area (Å²) in [5.41, 5.74) is 0.282. The Kier molecular flexibility index (Phi) is 3.57. The largest absolute Gasteiger partial charge is 0.293 e. The van der Waals surface area contributed by atoms with Gasteiger partial charge >= 0.3 is 0 Å². The smallest absolute Gasteiger partial charge is 0.236 e. The zero-order valence-electron chi connectivity index (χ0n) is 10.3. The van der Waals surface area contributed by atoms with E-state index in [-0.39, 0.29) is 6.04 Å². The molecule has 0 aliphatic carbocycles. The van der Waals surface area contributed by atoms with E-state index >= 15 is 0 Å². The molecule has 92 valence electrons. The Morgan fingerprint density at radius 1 is 1.50 bits per heavy atom. The first kappa shape index (κ1) is 12.5.